The number of anilines is 1. The number of nitrogens with one attached hydrogen (secondary N) is 1. The highest BCUT2D eigenvalue weighted by molar-refractivity contribution is 9.10. The van der Waals surface area contributed by atoms with E-state index in [1.807, 2.05) is 24.3 Å². The molecule has 1 saturated heterocycles. The van der Waals surface area contributed by atoms with Crippen LogP contribution >= 0.6 is 15.9 Å². The Bertz CT molecular complexity index is 1030. The fourth-order valence-electron chi connectivity index (χ4n) is 2.75. The molecule has 0 bridgehead atoms. The van der Waals surface area contributed by atoms with Gasteiger partial charge in [-0.3, -0.25) is 15.5 Å². The third-order valence-electron chi connectivity index (χ3n) is 4.38. The van der Waals surface area contributed by atoms with Crippen LogP contribution in [0.5, 0.6) is 0 Å². The SMILES string of the molecule is C/C(=N/Nc1ccc(S(=O)(=O)N2CCOCC2)cc1[N+](=O)[O-])c1ccc(Br)cc1. The first-order valence-electron chi connectivity index (χ1n) is 8.71. The minimum absolute atomic E-state index is 0.104. The second-order valence-corrected chi connectivity index (χ2v) is 9.12. The van der Waals surface area contributed by atoms with Gasteiger partial charge in [-0.2, -0.15) is 9.41 Å². The average molecular weight is 483 g/mol. The summed E-state index contributed by atoms with van der Waals surface area (Å²) in [6.07, 6.45) is 0. The molecule has 0 unspecified atom stereocenters. The van der Waals surface area contributed by atoms with Gasteiger partial charge in [-0.05, 0) is 36.8 Å². The van der Waals surface area contributed by atoms with E-state index in [0.29, 0.717) is 18.9 Å². The molecular formula is C18H19BrN4O5S. The van der Waals surface area contributed by atoms with Crippen LogP contribution < -0.4 is 5.43 Å². The van der Waals surface area contributed by atoms with Crippen LogP contribution in [0.1, 0.15) is 12.5 Å². The van der Waals surface area contributed by atoms with Crippen molar-refractivity contribution in [1.29, 1.82) is 0 Å². The van der Waals surface area contributed by atoms with Crippen molar-refractivity contribution < 1.29 is 18.1 Å². The number of hydrogen-bond donors (Lipinski definition) is 1. The largest absolute Gasteiger partial charge is 0.379 e. The molecule has 154 valence electrons. The van der Waals surface area contributed by atoms with E-state index in [1.165, 1.54) is 16.4 Å². The van der Waals surface area contributed by atoms with Crippen molar-refractivity contribution >= 4 is 43.0 Å². The molecule has 0 spiro atoms. The molecule has 1 aliphatic rings. The molecule has 0 amide bonds. The van der Waals surface area contributed by atoms with Gasteiger partial charge in [0, 0.05) is 23.6 Å². The van der Waals surface area contributed by atoms with Gasteiger partial charge in [0.05, 0.1) is 28.7 Å². The number of hydrogen-bond acceptors (Lipinski definition) is 7. The highest BCUT2D eigenvalue weighted by Gasteiger charge is 2.28. The normalized spacial score (nSPS) is 15.9. The zero-order valence-electron chi connectivity index (χ0n) is 15.5. The smallest absolute Gasteiger partial charge is 0.295 e. The van der Waals surface area contributed by atoms with Crippen LogP contribution in [-0.4, -0.2) is 49.7 Å². The molecule has 1 aliphatic heterocycles. The van der Waals surface area contributed by atoms with Crippen LogP contribution in [0.2, 0.25) is 0 Å². The summed E-state index contributed by atoms with van der Waals surface area (Å²) < 4.78 is 32.9. The maximum atomic E-state index is 12.7. The standard InChI is InChI=1S/C18H19BrN4O5S/c1-13(14-2-4-15(19)5-3-14)20-21-17-7-6-16(12-18(17)23(24)25)29(26,27)22-8-10-28-11-9-22/h2-7,12,21H,8-11H2,1H3/b20-13-. The summed E-state index contributed by atoms with van der Waals surface area (Å²) in [5.74, 6) is 0. The lowest BCUT2D eigenvalue weighted by Crippen LogP contribution is -2.40. The van der Waals surface area contributed by atoms with E-state index in [2.05, 4.69) is 26.5 Å². The summed E-state index contributed by atoms with van der Waals surface area (Å²) in [5.41, 5.74) is 3.87. The van der Waals surface area contributed by atoms with E-state index in [9.17, 15) is 18.5 Å². The Balaban J connectivity index is 1.87. The lowest BCUT2D eigenvalue weighted by atomic mass is 10.1. The molecule has 0 aliphatic carbocycles. The Labute approximate surface area is 176 Å². The van der Waals surface area contributed by atoms with Crippen LogP contribution in [0.25, 0.3) is 0 Å². The van der Waals surface area contributed by atoms with Gasteiger partial charge in [-0.15, -0.1) is 0 Å². The quantitative estimate of drug-likeness (QED) is 0.384. The Morgan fingerprint density at radius 1 is 1.21 bits per heavy atom. The number of rotatable bonds is 6. The maximum absolute atomic E-state index is 12.7. The molecule has 2 aromatic rings. The summed E-state index contributed by atoms with van der Waals surface area (Å²) in [5, 5.41) is 15.7. The van der Waals surface area contributed by atoms with Gasteiger partial charge >= 0.3 is 0 Å². The molecule has 9 nitrogen and oxygen atoms in total. The van der Waals surface area contributed by atoms with E-state index in [4.69, 9.17) is 4.74 Å². The average Bonchev–Trinajstić information content (AvgIpc) is 2.73. The zero-order chi connectivity index (χ0) is 21.0. The third kappa shape index (κ3) is 4.99. The van der Waals surface area contributed by atoms with Crippen molar-refractivity contribution in [3.05, 3.63) is 62.6 Å². The molecule has 2 aromatic carbocycles. The Morgan fingerprint density at radius 2 is 1.86 bits per heavy atom. The van der Waals surface area contributed by atoms with Crippen molar-refractivity contribution in [2.45, 2.75) is 11.8 Å². The van der Waals surface area contributed by atoms with Crippen LogP contribution in [-0.2, 0) is 14.8 Å². The number of nitro benzene ring substituents is 1. The second-order valence-electron chi connectivity index (χ2n) is 6.27. The maximum Gasteiger partial charge on any atom is 0.295 e. The summed E-state index contributed by atoms with van der Waals surface area (Å²) in [4.78, 5) is 10.7. The molecule has 0 aromatic heterocycles. The first-order chi connectivity index (χ1) is 13.8. The van der Waals surface area contributed by atoms with Gasteiger partial charge in [0.15, 0.2) is 0 Å². The van der Waals surface area contributed by atoms with Crippen LogP contribution in [0, 0.1) is 10.1 Å². The highest BCUT2D eigenvalue weighted by atomic mass is 79.9. The van der Waals surface area contributed by atoms with Crippen molar-refractivity contribution in [2.24, 2.45) is 5.10 Å². The van der Waals surface area contributed by atoms with E-state index in [1.54, 1.807) is 6.92 Å². The van der Waals surface area contributed by atoms with Gasteiger partial charge in [0.25, 0.3) is 5.69 Å². The fourth-order valence-corrected chi connectivity index (χ4v) is 4.45. The fraction of sp³-hybridized carbons (Fsp3) is 0.278. The van der Waals surface area contributed by atoms with Crippen LogP contribution in [0.4, 0.5) is 11.4 Å². The molecule has 1 N–H and O–H groups in total. The number of halogens is 1. The van der Waals surface area contributed by atoms with Crippen LogP contribution in [0.15, 0.2) is 56.9 Å². The minimum Gasteiger partial charge on any atom is -0.379 e. The minimum atomic E-state index is -3.83. The molecule has 0 radical (unpaired) electrons. The zero-order valence-corrected chi connectivity index (χ0v) is 17.9. The van der Waals surface area contributed by atoms with Gasteiger partial charge in [0.2, 0.25) is 10.0 Å². The van der Waals surface area contributed by atoms with Gasteiger partial charge in [-0.1, -0.05) is 28.1 Å². The van der Waals surface area contributed by atoms with Crippen LogP contribution in [0.3, 0.4) is 0 Å². The molecule has 1 fully saturated rings. The molecule has 29 heavy (non-hydrogen) atoms. The predicted molar refractivity (Wildman–Crippen MR) is 113 cm³/mol. The van der Waals surface area contributed by atoms with Gasteiger partial charge < -0.3 is 4.74 Å². The molecule has 0 atom stereocenters. The number of morpholine rings is 1. The highest BCUT2D eigenvalue weighted by Crippen LogP contribution is 2.29. The summed E-state index contributed by atoms with van der Waals surface area (Å²) in [7, 11) is -3.83. The lowest BCUT2D eigenvalue weighted by Gasteiger charge is -2.26. The topological polar surface area (TPSA) is 114 Å². The van der Waals surface area contributed by atoms with E-state index >= 15 is 0 Å². The third-order valence-corrected chi connectivity index (χ3v) is 6.80. The monoisotopic (exact) mass is 482 g/mol. The first-order valence-corrected chi connectivity index (χ1v) is 10.9. The molecule has 3 rings (SSSR count). The van der Waals surface area contributed by atoms with Gasteiger partial charge in [-0.25, -0.2) is 8.42 Å². The molecule has 0 saturated carbocycles. The van der Waals surface area contributed by atoms with Crippen molar-refractivity contribution in [1.82, 2.24) is 4.31 Å². The number of sulfonamides is 1. The van der Waals surface area contributed by atoms with E-state index in [-0.39, 0.29) is 29.4 Å². The first kappa shape index (κ1) is 21.4. The summed E-state index contributed by atoms with van der Waals surface area (Å²) in [6.45, 7) is 2.79. The number of nitrogens with zero attached hydrogens (tertiary/aromatic N) is 3. The number of ether oxygens (including phenoxy) is 1. The lowest BCUT2D eigenvalue weighted by molar-refractivity contribution is -0.384. The van der Waals surface area contributed by atoms with E-state index in [0.717, 1.165) is 16.1 Å². The van der Waals surface area contributed by atoms with Crippen molar-refractivity contribution in [3.63, 3.8) is 0 Å². The second kappa shape index (κ2) is 8.99. The van der Waals surface area contributed by atoms with E-state index < -0.39 is 14.9 Å². The van der Waals surface area contributed by atoms with Crippen molar-refractivity contribution in [3.8, 4) is 0 Å². The Hall–Kier alpha value is -2.34. The Kier molecular flexibility index (Phi) is 6.63. The Morgan fingerprint density at radius 3 is 2.48 bits per heavy atom. The number of hydrazone groups is 1. The van der Waals surface area contributed by atoms with Crippen molar-refractivity contribution in [2.75, 3.05) is 31.7 Å². The van der Waals surface area contributed by atoms with Gasteiger partial charge in [0.1, 0.15) is 5.69 Å². The number of nitro groups is 1. The molecule has 1 heterocycles. The summed E-state index contributed by atoms with van der Waals surface area (Å²) >= 11 is 3.36. The predicted octanol–water partition coefficient (Wildman–Crippen LogP) is 3.21. The number of benzene rings is 2. The molecular weight excluding hydrogens is 464 g/mol. The molecule has 11 heteroatoms. The summed E-state index contributed by atoms with van der Waals surface area (Å²) in [6, 6.07) is 11.2.